The van der Waals surface area contributed by atoms with Gasteiger partial charge in [-0.05, 0) is 18.2 Å². The minimum Gasteiger partial charge on any atom is -0.481 e. The van der Waals surface area contributed by atoms with Crippen LogP contribution in [-0.2, 0) is 15.7 Å². The molecule has 0 bridgehead atoms. The Hall–Kier alpha value is -1.28. The number of aliphatic carboxylic acids is 1. The summed E-state index contributed by atoms with van der Waals surface area (Å²) in [4.78, 5) is 10.6. The van der Waals surface area contributed by atoms with Gasteiger partial charge in [-0.25, -0.2) is 0 Å². The van der Waals surface area contributed by atoms with Crippen LogP contribution in [0.2, 0.25) is 0 Å². The van der Waals surface area contributed by atoms with Crippen LogP contribution in [0.5, 0.6) is 0 Å². The topological polar surface area (TPSA) is 58.6 Å². The molecule has 1 aromatic carbocycles. The van der Waals surface area contributed by atoms with E-state index < -0.39 is 23.8 Å². The fourth-order valence-electron chi connectivity index (χ4n) is 1.57. The molecule has 8 heteroatoms. The smallest absolute Gasteiger partial charge is 0.418 e. The number of hydrogen-bond donors (Lipinski definition) is 2. The van der Waals surface area contributed by atoms with Crippen molar-refractivity contribution in [2.24, 2.45) is 0 Å². The van der Waals surface area contributed by atoms with Gasteiger partial charge in [-0.3, -0.25) is 4.79 Å². The molecular weight excluding hydrogens is 343 g/mol. The van der Waals surface area contributed by atoms with Crippen LogP contribution in [0.4, 0.5) is 18.9 Å². The maximum absolute atomic E-state index is 12.8. The molecule has 1 atom stereocenters. The number of rotatable bonds is 6. The predicted molar refractivity (Wildman–Crippen MR) is 70.7 cm³/mol. The van der Waals surface area contributed by atoms with Gasteiger partial charge in [-0.15, -0.1) is 0 Å². The average molecular weight is 356 g/mol. The number of carboxylic acid groups (broad SMARTS) is 1. The van der Waals surface area contributed by atoms with E-state index in [1.807, 2.05) is 0 Å². The van der Waals surface area contributed by atoms with Gasteiger partial charge < -0.3 is 15.2 Å². The van der Waals surface area contributed by atoms with Gasteiger partial charge in [0.15, 0.2) is 0 Å². The van der Waals surface area contributed by atoms with Crippen molar-refractivity contribution in [1.29, 1.82) is 0 Å². The molecule has 1 unspecified atom stereocenters. The van der Waals surface area contributed by atoms with Gasteiger partial charge in [0.1, 0.15) is 0 Å². The van der Waals surface area contributed by atoms with Gasteiger partial charge in [-0.2, -0.15) is 13.2 Å². The molecule has 20 heavy (non-hydrogen) atoms. The highest BCUT2D eigenvalue weighted by Crippen LogP contribution is 2.36. The lowest BCUT2D eigenvalue weighted by Crippen LogP contribution is -2.26. The number of halogens is 4. The highest BCUT2D eigenvalue weighted by atomic mass is 79.9. The van der Waals surface area contributed by atoms with E-state index in [0.29, 0.717) is 4.47 Å². The summed E-state index contributed by atoms with van der Waals surface area (Å²) in [6, 6.07) is 3.53. The first-order valence-electron chi connectivity index (χ1n) is 5.59. The number of hydrogen-bond acceptors (Lipinski definition) is 3. The number of carboxylic acids is 1. The van der Waals surface area contributed by atoms with E-state index in [-0.39, 0.29) is 18.7 Å². The van der Waals surface area contributed by atoms with Crippen molar-refractivity contribution < 1.29 is 27.8 Å². The van der Waals surface area contributed by atoms with Gasteiger partial charge in [-0.1, -0.05) is 15.9 Å². The zero-order valence-electron chi connectivity index (χ0n) is 10.5. The van der Waals surface area contributed by atoms with E-state index in [9.17, 15) is 18.0 Å². The van der Waals surface area contributed by atoms with Crippen LogP contribution >= 0.6 is 15.9 Å². The number of methoxy groups -OCH3 is 1. The van der Waals surface area contributed by atoms with Crippen LogP contribution in [0.1, 0.15) is 12.0 Å². The monoisotopic (exact) mass is 355 g/mol. The largest absolute Gasteiger partial charge is 0.481 e. The zero-order chi connectivity index (χ0) is 15.3. The lowest BCUT2D eigenvalue weighted by molar-refractivity contribution is -0.140. The van der Waals surface area contributed by atoms with Crippen LogP contribution in [0, 0.1) is 0 Å². The van der Waals surface area contributed by atoms with Crippen molar-refractivity contribution in [3.63, 3.8) is 0 Å². The molecule has 0 saturated carbocycles. The Morgan fingerprint density at radius 1 is 1.50 bits per heavy atom. The Bertz CT molecular complexity index is 480. The minimum absolute atomic E-state index is 0.0394. The molecule has 1 aromatic rings. The molecule has 1 rings (SSSR count). The molecule has 0 aromatic heterocycles. The third kappa shape index (κ3) is 5.01. The van der Waals surface area contributed by atoms with Crippen molar-refractivity contribution in [2.75, 3.05) is 19.0 Å². The number of ether oxygens (including phenoxy) is 1. The fourth-order valence-corrected chi connectivity index (χ4v) is 1.93. The van der Waals surface area contributed by atoms with Crippen LogP contribution in [0.3, 0.4) is 0 Å². The van der Waals surface area contributed by atoms with Crippen molar-refractivity contribution in [1.82, 2.24) is 0 Å². The zero-order valence-corrected chi connectivity index (χ0v) is 12.1. The quantitative estimate of drug-likeness (QED) is 0.821. The molecule has 0 heterocycles. The van der Waals surface area contributed by atoms with Crippen LogP contribution in [0.15, 0.2) is 22.7 Å². The fraction of sp³-hybridized carbons (Fsp3) is 0.417. The second kappa shape index (κ2) is 6.94. The van der Waals surface area contributed by atoms with Crippen molar-refractivity contribution in [3.8, 4) is 0 Å². The van der Waals surface area contributed by atoms with E-state index in [1.165, 1.54) is 19.2 Å². The Morgan fingerprint density at radius 3 is 2.65 bits per heavy atom. The Labute approximate surface area is 122 Å². The normalized spacial score (nSPS) is 13.1. The molecule has 4 nitrogen and oxygen atoms in total. The summed E-state index contributed by atoms with van der Waals surface area (Å²) in [5.41, 5.74) is -0.940. The SMILES string of the molecule is COC(CNc1cc(Br)ccc1C(F)(F)F)CC(=O)O. The number of carbonyl (C=O) groups is 1. The Balaban J connectivity index is 2.85. The Morgan fingerprint density at radius 2 is 2.15 bits per heavy atom. The molecule has 112 valence electrons. The molecule has 0 fully saturated rings. The van der Waals surface area contributed by atoms with Crippen LogP contribution in [0.25, 0.3) is 0 Å². The van der Waals surface area contributed by atoms with Crippen LogP contribution in [-0.4, -0.2) is 30.8 Å². The molecular formula is C12H13BrF3NO3. The lowest BCUT2D eigenvalue weighted by Gasteiger charge is -2.18. The molecule has 2 N–H and O–H groups in total. The first-order valence-corrected chi connectivity index (χ1v) is 6.38. The Kier molecular flexibility index (Phi) is 5.82. The first kappa shape index (κ1) is 16.8. The highest BCUT2D eigenvalue weighted by molar-refractivity contribution is 9.10. The standard InChI is InChI=1S/C12H13BrF3NO3/c1-20-8(5-11(18)19)6-17-10-4-7(13)2-3-9(10)12(14,15)16/h2-4,8,17H,5-6H2,1H3,(H,18,19). The third-order valence-electron chi connectivity index (χ3n) is 2.54. The van der Waals surface area contributed by atoms with Crippen molar-refractivity contribution >= 4 is 27.6 Å². The number of nitrogens with one attached hydrogen (secondary N) is 1. The van der Waals surface area contributed by atoms with Gasteiger partial charge >= 0.3 is 12.1 Å². The summed E-state index contributed by atoms with van der Waals surface area (Å²) in [7, 11) is 1.31. The summed E-state index contributed by atoms with van der Waals surface area (Å²) in [5.74, 6) is -1.08. The van der Waals surface area contributed by atoms with Gasteiger partial charge in [0, 0.05) is 23.8 Å². The highest BCUT2D eigenvalue weighted by Gasteiger charge is 2.33. The molecule has 0 spiro atoms. The van der Waals surface area contributed by atoms with Crippen molar-refractivity contribution in [2.45, 2.75) is 18.7 Å². The van der Waals surface area contributed by atoms with Crippen LogP contribution < -0.4 is 5.32 Å². The summed E-state index contributed by atoms with van der Waals surface area (Å²) in [5, 5.41) is 11.2. The van der Waals surface area contributed by atoms with E-state index in [1.54, 1.807) is 0 Å². The average Bonchev–Trinajstić information content (AvgIpc) is 2.32. The van der Waals surface area contributed by atoms with Crippen molar-refractivity contribution in [3.05, 3.63) is 28.2 Å². The molecule has 0 radical (unpaired) electrons. The van der Waals surface area contributed by atoms with E-state index in [2.05, 4.69) is 21.2 Å². The number of alkyl halides is 3. The minimum atomic E-state index is -4.49. The summed E-state index contributed by atoms with van der Waals surface area (Å²) < 4.78 is 43.8. The van der Waals surface area contributed by atoms with Gasteiger partial charge in [0.05, 0.1) is 18.1 Å². The molecule has 0 saturated heterocycles. The molecule has 0 aliphatic rings. The molecule has 0 aliphatic heterocycles. The van der Waals surface area contributed by atoms with E-state index >= 15 is 0 Å². The summed E-state index contributed by atoms with van der Waals surface area (Å²) in [6.07, 6.45) is -5.50. The van der Waals surface area contributed by atoms with Gasteiger partial charge in [0.2, 0.25) is 0 Å². The maximum atomic E-state index is 12.8. The van der Waals surface area contributed by atoms with Gasteiger partial charge in [0.25, 0.3) is 0 Å². The first-order chi connectivity index (χ1) is 9.24. The maximum Gasteiger partial charge on any atom is 0.418 e. The molecule has 0 amide bonds. The van der Waals surface area contributed by atoms with E-state index in [4.69, 9.17) is 9.84 Å². The second-order valence-corrected chi connectivity index (χ2v) is 4.94. The number of benzene rings is 1. The lowest BCUT2D eigenvalue weighted by atomic mass is 10.1. The summed E-state index contributed by atoms with van der Waals surface area (Å²) >= 11 is 3.09. The molecule has 0 aliphatic carbocycles. The predicted octanol–water partition coefficient (Wildman–Crippen LogP) is 3.37. The number of anilines is 1. The summed E-state index contributed by atoms with van der Waals surface area (Å²) in [6.45, 7) is -0.0394. The second-order valence-electron chi connectivity index (χ2n) is 4.02. The van der Waals surface area contributed by atoms with E-state index in [0.717, 1.165) is 6.07 Å². The third-order valence-corrected chi connectivity index (χ3v) is 3.04.